The number of nitrogens with two attached hydrogens (primary N) is 1. The highest BCUT2D eigenvalue weighted by atomic mass is 16.6. The van der Waals surface area contributed by atoms with Crippen molar-refractivity contribution in [2.45, 2.75) is 63.6 Å². The maximum Gasteiger partial charge on any atom is 0.410 e. The number of urea groups is 1. The van der Waals surface area contributed by atoms with Crippen molar-refractivity contribution in [1.29, 1.82) is 0 Å². The van der Waals surface area contributed by atoms with Crippen LogP contribution in [0.5, 0.6) is 0 Å². The number of aryl methyl sites for hydroxylation is 1. The van der Waals surface area contributed by atoms with Crippen LogP contribution in [0.3, 0.4) is 0 Å². The molecule has 0 saturated carbocycles. The zero-order valence-electron chi connectivity index (χ0n) is 27.2. The number of fused-ring (bicyclic) bond motifs is 1. The molecule has 46 heavy (non-hydrogen) atoms. The van der Waals surface area contributed by atoms with Gasteiger partial charge < -0.3 is 35.4 Å². The van der Waals surface area contributed by atoms with Crippen molar-refractivity contribution in [3.8, 4) is 0 Å². The molecule has 3 saturated heterocycles. The van der Waals surface area contributed by atoms with E-state index in [1.54, 1.807) is 11.1 Å². The molecule has 3 N–H and O–H groups in total. The van der Waals surface area contributed by atoms with E-state index in [-0.39, 0.29) is 24.4 Å². The third-order valence-corrected chi connectivity index (χ3v) is 10.3. The summed E-state index contributed by atoms with van der Waals surface area (Å²) in [7, 11) is 2.16. The number of pyridine rings is 1. The lowest BCUT2D eigenvalue weighted by Gasteiger charge is -2.42. The Morgan fingerprint density at radius 2 is 1.63 bits per heavy atom. The normalized spacial score (nSPS) is 21.3. The summed E-state index contributed by atoms with van der Waals surface area (Å²) in [5.74, 6) is 0.287. The SMILES string of the molecule is Cc1cc(CC(OC(=O)N2CCC(N3CCc4ccccc4NC3=O)CC2)C(=O)N2CCC(N3CCN(C)CC3)CC2)cnc1N. The van der Waals surface area contributed by atoms with Crippen molar-refractivity contribution < 1.29 is 19.1 Å². The van der Waals surface area contributed by atoms with Crippen LogP contribution < -0.4 is 11.1 Å². The molecule has 0 radical (unpaired) electrons. The van der Waals surface area contributed by atoms with Gasteiger partial charge in [0.25, 0.3) is 5.91 Å². The first-order chi connectivity index (χ1) is 22.2. The number of likely N-dealkylation sites (tertiary alicyclic amines) is 2. The Kier molecular flexibility index (Phi) is 9.93. The van der Waals surface area contributed by atoms with Crippen molar-refractivity contribution in [2.75, 3.05) is 77.0 Å². The summed E-state index contributed by atoms with van der Waals surface area (Å²) in [4.78, 5) is 55.1. The fourth-order valence-corrected chi connectivity index (χ4v) is 7.29. The van der Waals surface area contributed by atoms with Crippen LogP contribution in [0.2, 0.25) is 0 Å². The predicted octanol–water partition coefficient (Wildman–Crippen LogP) is 2.81. The summed E-state index contributed by atoms with van der Waals surface area (Å²) in [6.07, 6.45) is 4.38. The van der Waals surface area contributed by atoms with E-state index in [1.807, 2.05) is 47.1 Å². The van der Waals surface area contributed by atoms with Gasteiger partial charge in [-0.05, 0) is 68.8 Å². The average molecular weight is 633 g/mol. The number of hydrogen-bond acceptors (Lipinski definition) is 8. The zero-order chi connectivity index (χ0) is 32.2. The first kappa shape index (κ1) is 32.1. The van der Waals surface area contributed by atoms with Gasteiger partial charge in [0.1, 0.15) is 5.82 Å². The van der Waals surface area contributed by atoms with E-state index in [0.717, 1.165) is 67.8 Å². The fraction of sp³-hybridized carbons (Fsp3) is 0.588. The number of amides is 4. The summed E-state index contributed by atoms with van der Waals surface area (Å²) in [5, 5.41) is 3.05. The van der Waals surface area contributed by atoms with Crippen LogP contribution in [0.4, 0.5) is 21.1 Å². The van der Waals surface area contributed by atoms with Gasteiger partial charge in [0.05, 0.1) is 0 Å². The van der Waals surface area contributed by atoms with Gasteiger partial charge in [0.2, 0.25) is 0 Å². The highest BCUT2D eigenvalue weighted by Gasteiger charge is 2.36. The van der Waals surface area contributed by atoms with E-state index in [9.17, 15) is 14.4 Å². The minimum Gasteiger partial charge on any atom is -0.436 e. The molecule has 4 aliphatic heterocycles. The number of para-hydroxylation sites is 1. The van der Waals surface area contributed by atoms with E-state index in [2.05, 4.69) is 27.1 Å². The third-order valence-electron chi connectivity index (χ3n) is 10.3. The second-order valence-electron chi connectivity index (χ2n) is 13.3. The number of nitrogens with one attached hydrogen (secondary N) is 1. The van der Waals surface area contributed by atoms with Gasteiger partial charge in [0.15, 0.2) is 6.10 Å². The Hall–Kier alpha value is -3.90. The van der Waals surface area contributed by atoms with Gasteiger partial charge in [-0.2, -0.15) is 0 Å². The smallest absolute Gasteiger partial charge is 0.410 e. The third kappa shape index (κ3) is 7.39. The standard InChI is InChI=1S/C34H48N8O4/c1-24-21-25(23-36-31(24)35)22-30(32(43)40-12-8-27(9-13-40)39-19-17-38(2)18-20-39)46-34(45)41-14-10-28(11-15-41)42-16-7-26-5-3-4-6-29(26)37-33(42)44/h3-6,21,23,27-28,30H,7-20,22H2,1-2H3,(H2,35,36)(H,37,44). The van der Waals surface area contributed by atoms with Crippen molar-refractivity contribution in [3.63, 3.8) is 0 Å². The molecule has 12 nitrogen and oxygen atoms in total. The molecule has 0 aliphatic carbocycles. The number of likely N-dealkylation sites (N-methyl/N-ethyl adjacent to an activating group) is 1. The Bertz CT molecular complexity index is 1400. The zero-order valence-corrected chi connectivity index (χ0v) is 27.2. The molecule has 3 fully saturated rings. The molecule has 1 atom stereocenters. The van der Waals surface area contributed by atoms with Crippen molar-refractivity contribution in [3.05, 3.63) is 53.2 Å². The van der Waals surface area contributed by atoms with Gasteiger partial charge in [0, 0.05) is 89.3 Å². The summed E-state index contributed by atoms with van der Waals surface area (Å²) >= 11 is 0. The maximum atomic E-state index is 13.9. The molecule has 12 heteroatoms. The van der Waals surface area contributed by atoms with Crippen LogP contribution >= 0.6 is 0 Å². The number of piperazine rings is 1. The molecule has 1 aromatic heterocycles. The van der Waals surface area contributed by atoms with E-state index in [4.69, 9.17) is 10.5 Å². The first-order valence-electron chi connectivity index (χ1n) is 16.8. The Morgan fingerprint density at radius 3 is 2.35 bits per heavy atom. The molecule has 5 heterocycles. The number of nitrogen functional groups attached to an aromatic ring is 1. The Balaban J connectivity index is 1.07. The fourth-order valence-electron chi connectivity index (χ4n) is 7.29. The van der Waals surface area contributed by atoms with Crippen molar-refractivity contribution >= 4 is 29.5 Å². The molecular formula is C34H48N8O4. The summed E-state index contributed by atoms with van der Waals surface area (Å²) in [6.45, 7) is 9.00. The van der Waals surface area contributed by atoms with Gasteiger partial charge >= 0.3 is 12.1 Å². The maximum absolute atomic E-state index is 13.9. The van der Waals surface area contributed by atoms with E-state index in [0.29, 0.717) is 57.4 Å². The van der Waals surface area contributed by atoms with Gasteiger partial charge in [-0.3, -0.25) is 9.69 Å². The lowest BCUT2D eigenvalue weighted by molar-refractivity contribution is -0.142. The monoisotopic (exact) mass is 632 g/mol. The molecule has 6 rings (SSSR count). The Labute approximate surface area is 271 Å². The highest BCUT2D eigenvalue weighted by Crippen LogP contribution is 2.26. The van der Waals surface area contributed by atoms with E-state index < -0.39 is 12.2 Å². The van der Waals surface area contributed by atoms with Crippen LogP contribution in [0.15, 0.2) is 36.5 Å². The Morgan fingerprint density at radius 1 is 0.957 bits per heavy atom. The topological polar surface area (TPSA) is 128 Å². The molecule has 1 unspecified atom stereocenters. The lowest BCUT2D eigenvalue weighted by atomic mass is 10.0. The number of aromatic nitrogens is 1. The van der Waals surface area contributed by atoms with Crippen LogP contribution in [-0.2, 0) is 22.4 Å². The molecule has 0 spiro atoms. The van der Waals surface area contributed by atoms with Crippen LogP contribution in [-0.4, -0.2) is 132 Å². The number of carbonyl (C=O) groups is 3. The second kappa shape index (κ2) is 14.3. The molecular weight excluding hydrogens is 584 g/mol. The van der Waals surface area contributed by atoms with E-state index in [1.165, 1.54) is 0 Å². The lowest BCUT2D eigenvalue weighted by Crippen LogP contribution is -2.54. The van der Waals surface area contributed by atoms with Crippen LogP contribution in [0.1, 0.15) is 42.4 Å². The molecule has 248 valence electrons. The quantitative estimate of drug-likeness (QED) is 0.498. The molecule has 2 aromatic rings. The van der Waals surface area contributed by atoms with Crippen molar-refractivity contribution in [1.82, 2.24) is 29.5 Å². The number of piperidine rings is 2. The number of rotatable bonds is 6. The van der Waals surface area contributed by atoms with Crippen molar-refractivity contribution in [2.24, 2.45) is 0 Å². The van der Waals surface area contributed by atoms with Gasteiger partial charge in [-0.25, -0.2) is 14.6 Å². The molecule has 1 aromatic carbocycles. The number of anilines is 2. The number of nitrogens with zero attached hydrogens (tertiary/aromatic N) is 6. The molecule has 4 amide bonds. The van der Waals surface area contributed by atoms with Crippen LogP contribution in [0.25, 0.3) is 0 Å². The second-order valence-corrected chi connectivity index (χ2v) is 13.3. The highest BCUT2D eigenvalue weighted by molar-refractivity contribution is 5.91. The van der Waals surface area contributed by atoms with Gasteiger partial charge in [-0.15, -0.1) is 0 Å². The summed E-state index contributed by atoms with van der Waals surface area (Å²) in [6, 6.07) is 10.2. The largest absolute Gasteiger partial charge is 0.436 e. The number of hydrogen-bond donors (Lipinski definition) is 2. The minimum atomic E-state index is -0.954. The average Bonchev–Trinajstić information content (AvgIpc) is 3.24. The first-order valence-corrected chi connectivity index (χ1v) is 16.8. The molecule has 4 aliphatic rings. The van der Waals surface area contributed by atoms with E-state index >= 15 is 0 Å². The number of benzene rings is 1. The summed E-state index contributed by atoms with van der Waals surface area (Å²) < 4.78 is 6.03. The molecule has 0 bridgehead atoms. The van der Waals surface area contributed by atoms with Crippen LogP contribution in [0, 0.1) is 6.92 Å². The number of ether oxygens (including phenoxy) is 1. The summed E-state index contributed by atoms with van der Waals surface area (Å²) in [5.41, 5.74) is 9.57. The number of carbonyl (C=O) groups excluding carboxylic acids is 3. The predicted molar refractivity (Wildman–Crippen MR) is 176 cm³/mol. The van der Waals surface area contributed by atoms with Gasteiger partial charge in [-0.1, -0.05) is 24.3 Å². The minimum absolute atomic E-state index is 0.0289.